The third kappa shape index (κ3) is 2.99. The van der Waals surface area contributed by atoms with Crippen molar-refractivity contribution in [3.05, 3.63) is 12.2 Å². The standard InChI is InChI=1S/C8H17NO/c1-6(2)8(4,5)9-7(3)10/h7,9-10H,1H2,2-5H3/t7-/m1/s1. The summed E-state index contributed by atoms with van der Waals surface area (Å²) in [4.78, 5) is 0. The Hall–Kier alpha value is -0.340. The minimum Gasteiger partial charge on any atom is -0.379 e. The van der Waals surface area contributed by atoms with Crippen LogP contribution in [-0.2, 0) is 0 Å². The molecule has 0 bridgehead atoms. The summed E-state index contributed by atoms with van der Waals surface area (Å²) in [6.07, 6.45) is -0.480. The van der Waals surface area contributed by atoms with Gasteiger partial charge >= 0.3 is 0 Å². The highest BCUT2D eigenvalue weighted by atomic mass is 16.3. The number of nitrogens with one attached hydrogen (secondary N) is 1. The van der Waals surface area contributed by atoms with Crippen LogP contribution in [0.5, 0.6) is 0 Å². The van der Waals surface area contributed by atoms with Crippen LogP contribution in [0.1, 0.15) is 27.7 Å². The maximum absolute atomic E-state index is 8.98. The normalized spacial score (nSPS) is 14.9. The van der Waals surface area contributed by atoms with E-state index < -0.39 is 6.23 Å². The highest BCUT2D eigenvalue weighted by molar-refractivity contribution is 5.09. The van der Waals surface area contributed by atoms with Gasteiger partial charge < -0.3 is 5.11 Å². The summed E-state index contributed by atoms with van der Waals surface area (Å²) in [6.45, 7) is 11.4. The maximum atomic E-state index is 8.98. The van der Waals surface area contributed by atoms with Gasteiger partial charge in [0.2, 0.25) is 0 Å². The van der Waals surface area contributed by atoms with E-state index >= 15 is 0 Å². The van der Waals surface area contributed by atoms with Crippen molar-refractivity contribution < 1.29 is 5.11 Å². The second-order valence-corrected chi connectivity index (χ2v) is 3.23. The molecule has 0 amide bonds. The molecule has 0 aliphatic rings. The smallest absolute Gasteiger partial charge is 0.102 e. The second-order valence-electron chi connectivity index (χ2n) is 3.23. The van der Waals surface area contributed by atoms with E-state index in [0.29, 0.717) is 0 Å². The number of hydrogen-bond acceptors (Lipinski definition) is 2. The Labute approximate surface area is 62.9 Å². The Balaban J connectivity index is 4.00. The van der Waals surface area contributed by atoms with Crippen LogP contribution >= 0.6 is 0 Å². The van der Waals surface area contributed by atoms with Gasteiger partial charge in [-0.25, -0.2) is 0 Å². The fourth-order valence-corrected chi connectivity index (χ4v) is 0.645. The largest absolute Gasteiger partial charge is 0.379 e. The van der Waals surface area contributed by atoms with E-state index in [9.17, 15) is 0 Å². The first-order valence-corrected chi connectivity index (χ1v) is 3.48. The molecule has 0 saturated heterocycles. The van der Waals surface area contributed by atoms with Gasteiger partial charge in [0.15, 0.2) is 0 Å². The molecule has 0 aromatic carbocycles. The first kappa shape index (κ1) is 9.66. The molecule has 2 nitrogen and oxygen atoms in total. The Bertz CT molecular complexity index is 127. The van der Waals surface area contributed by atoms with Crippen LogP contribution in [0, 0.1) is 0 Å². The molecule has 0 rings (SSSR count). The molecule has 10 heavy (non-hydrogen) atoms. The molecule has 0 unspecified atom stereocenters. The summed E-state index contributed by atoms with van der Waals surface area (Å²) in [7, 11) is 0. The number of hydrogen-bond donors (Lipinski definition) is 2. The highest BCUT2D eigenvalue weighted by Crippen LogP contribution is 2.12. The number of rotatable bonds is 3. The van der Waals surface area contributed by atoms with E-state index in [2.05, 4.69) is 11.9 Å². The molecule has 0 radical (unpaired) electrons. The molecule has 0 aromatic heterocycles. The number of aliphatic hydroxyl groups is 1. The quantitative estimate of drug-likeness (QED) is 0.460. The minimum atomic E-state index is -0.480. The average Bonchev–Trinajstić information content (AvgIpc) is 1.60. The van der Waals surface area contributed by atoms with Gasteiger partial charge in [-0.15, -0.1) is 0 Å². The third-order valence-corrected chi connectivity index (χ3v) is 1.64. The van der Waals surface area contributed by atoms with E-state index in [4.69, 9.17) is 5.11 Å². The lowest BCUT2D eigenvalue weighted by Gasteiger charge is -2.28. The van der Waals surface area contributed by atoms with Gasteiger partial charge in [0.1, 0.15) is 6.23 Å². The van der Waals surface area contributed by atoms with Crippen molar-refractivity contribution >= 4 is 0 Å². The molecule has 0 saturated carbocycles. The Morgan fingerprint density at radius 2 is 2.00 bits per heavy atom. The minimum absolute atomic E-state index is 0.172. The lowest BCUT2D eigenvalue weighted by Crippen LogP contribution is -2.45. The average molecular weight is 143 g/mol. The van der Waals surface area contributed by atoms with E-state index in [1.807, 2.05) is 20.8 Å². The third-order valence-electron chi connectivity index (χ3n) is 1.64. The summed E-state index contributed by atoms with van der Waals surface area (Å²) in [5.41, 5.74) is 0.849. The topological polar surface area (TPSA) is 32.3 Å². The van der Waals surface area contributed by atoms with Crippen molar-refractivity contribution in [2.24, 2.45) is 0 Å². The molecule has 2 N–H and O–H groups in total. The molecule has 2 heteroatoms. The summed E-state index contributed by atoms with van der Waals surface area (Å²) in [5, 5.41) is 12.0. The zero-order valence-electron chi connectivity index (χ0n) is 7.23. The van der Waals surface area contributed by atoms with E-state index in [1.54, 1.807) is 6.92 Å². The first-order valence-electron chi connectivity index (χ1n) is 3.48. The van der Waals surface area contributed by atoms with Crippen molar-refractivity contribution in [3.63, 3.8) is 0 Å². The van der Waals surface area contributed by atoms with Crippen molar-refractivity contribution in [1.82, 2.24) is 5.32 Å². The summed E-state index contributed by atoms with van der Waals surface area (Å²) in [6, 6.07) is 0. The van der Waals surface area contributed by atoms with Gasteiger partial charge in [0.05, 0.1) is 0 Å². The van der Waals surface area contributed by atoms with Crippen LogP contribution in [0.2, 0.25) is 0 Å². The predicted octanol–water partition coefficient (Wildman–Crippen LogP) is 1.27. The number of aliphatic hydroxyl groups excluding tert-OH is 1. The lowest BCUT2D eigenvalue weighted by molar-refractivity contribution is 0.128. The van der Waals surface area contributed by atoms with Crippen molar-refractivity contribution in [1.29, 1.82) is 0 Å². The molecule has 0 fully saturated rings. The lowest BCUT2D eigenvalue weighted by atomic mass is 9.97. The van der Waals surface area contributed by atoms with E-state index in [1.165, 1.54) is 0 Å². The SMILES string of the molecule is C=C(C)C(C)(C)N[C@@H](C)O. The van der Waals surface area contributed by atoms with Gasteiger partial charge in [-0.1, -0.05) is 12.2 Å². The molecule has 0 aliphatic heterocycles. The first-order chi connectivity index (χ1) is 4.36. The highest BCUT2D eigenvalue weighted by Gasteiger charge is 2.18. The van der Waals surface area contributed by atoms with Gasteiger partial charge in [-0.3, -0.25) is 5.32 Å². The molecule has 0 aliphatic carbocycles. The maximum Gasteiger partial charge on any atom is 0.102 e. The fourth-order valence-electron chi connectivity index (χ4n) is 0.645. The Kier molecular flexibility index (Phi) is 3.06. The van der Waals surface area contributed by atoms with Crippen molar-refractivity contribution in [3.8, 4) is 0 Å². The molecule has 0 heterocycles. The summed E-state index contributed by atoms with van der Waals surface area (Å²) >= 11 is 0. The Morgan fingerprint density at radius 1 is 1.60 bits per heavy atom. The van der Waals surface area contributed by atoms with Crippen LogP contribution in [0.25, 0.3) is 0 Å². The van der Waals surface area contributed by atoms with Gasteiger partial charge in [-0.05, 0) is 27.7 Å². The predicted molar refractivity (Wildman–Crippen MR) is 43.7 cm³/mol. The molecule has 1 atom stereocenters. The Morgan fingerprint density at radius 3 is 2.10 bits per heavy atom. The molecule has 60 valence electrons. The fraction of sp³-hybridized carbons (Fsp3) is 0.750. The summed E-state index contributed by atoms with van der Waals surface area (Å²) in [5.74, 6) is 0. The molecular weight excluding hydrogens is 126 g/mol. The van der Waals surface area contributed by atoms with Gasteiger partial charge in [-0.2, -0.15) is 0 Å². The van der Waals surface area contributed by atoms with Gasteiger partial charge in [0.25, 0.3) is 0 Å². The van der Waals surface area contributed by atoms with Crippen molar-refractivity contribution in [2.75, 3.05) is 0 Å². The summed E-state index contributed by atoms with van der Waals surface area (Å²) < 4.78 is 0. The molecule has 0 aromatic rings. The van der Waals surface area contributed by atoms with Gasteiger partial charge in [0, 0.05) is 5.54 Å². The zero-order chi connectivity index (χ0) is 8.36. The van der Waals surface area contributed by atoms with Crippen LogP contribution in [-0.4, -0.2) is 16.9 Å². The molecule has 0 spiro atoms. The second kappa shape index (κ2) is 3.17. The van der Waals surface area contributed by atoms with E-state index in [0.717, 1.165) is 5.57 Å². The molecular formula is C8H17NO. The van der Waals surface area contributed by atoms with Crippen LogP contribution in [0.15, 0.2) is 12.2 Å². The van der Waals surface area contributed by atoms with Crippen LogP contribution in [0.3, 0.4) is 0 Å². The van der Waals surface area contributed by atoms with Crippen LogP contribution in [0.4, 0.5) is 0 Å². The van der Waals surface area contributed by atoms with Crippen LogP contribution < -0.4 is 5.32 Å². The monoisotopic (exact) mass is 143 g/mol. The van der Waals surface area contributed by atoms with E-state index in [-0.39, 0.29) is 5.54 Å². The van der Waals surface area contributed by atoms with Crippen molar-refractivity contribution in [2.45, 2.75) is 39.5 Å². The zero-order valence-corrected chi connectivity index (χ0v) is 7.23.